The summed E-state index contributed by atoms with van der Waals surface area (Å²) in [7, 11) is -1.12. The fourth-order valence-corrected chi connectivity index (χ4v) is 5.51. The van der Waals surface area contributed by atoms with E-state index in [2.05, 4.69) is 9.71 Å². The Morgan fingerprint density at radius 3 is 2.61 bits per heavy atom. The average molecular weight is 464 g/mol. The highest BCUT2D eigenvalue weighted by atomic mass is 32.2. The number of sulfonamides is 1. The largest absolute Gasteiger partial charge is 0.493 e. The zero-order chi connectivity index (χ0) is 22.0. The summed E-state index contributed by atoms with van der Waals surface area (Å²) in [5.74, 6) is 0.443. The summed E-state index contributed by atoms with van der Waals surface area (Å²) >= 11 is 1.16. The Balaban J connectivity index is 1.76. The first-order valence-electron chi connectivity index (χ1n) is 9.44. The lowest BCUT2D eigenvalue weighted by atomic mass is 10.2. The van der Waals surface area contributed by atoms with Gasteiger partial charge in [0.1, 0.15) is 9.71 Å². The fourth-order valence-electron chi connectivity index (χ4n) is 3.27. The number of nitrogens with zero attached hydrogens (tertiary/aromatic N) is 2. The normalized spacial score (nSPS) is 14.5. The quantitative estimate of drug-likeness (QED) is 0.599. The Bertz CT molecular complexity index is 1220. The van der Waals surface area contributed by atoms with Crippen molar-refractivity contribution in [2.75, 3.05) is 45.2 Å². The molecule has 0 spiro atoms. The molecule has 1 fully saturated rings. The zero-order valence-corrected chi connectivity index (χ0v) is 18.6. The highest BCUT2D eigenvalue weighted by Crippen LogP contribution is 2.37. The number of fused-ring (bicyclic) bond motifs is 1. The number of pyridine rings is 1. The van der Waals surface area contributed by atoms with Gasteiger partial charge in [-0.1, -0.05) is 0 Å². The molecule has 1 amide bonds. The molecule has 0 atom stereocenters. The summed E-state index contributed by atoms with van der Waals surface area (Å²) in [4.78, 5) is 20.0. The lowest BCUT2D eigenvalue weighted by Gasteiger charge is -2.26. The second-order valence-corrected chi connectivity index (χ2v) is 9.37. The van der Waals surface area contributed by atoms with Crippen molar-refractivity contribution < 1.29 is 27.4 Å². The lowest BCUT2D eigenvalue weighted by molar-refractivity contribution is 0.0307. The molecular weight excluding hydrogens is 442 g/mol. The van der Waals surface area contributed by atoms with Crippen LogP contribution in [0.25, 0.3) is 10.2 Å². The SMILES string of the molecule is COc1ccc(S(=O)(=O)Nc2c(C(=O)N3CCOCC3)sc3ncccc23)cc1OC. The zero-order valence-electron chi connectivity index (χ0n) is 17.0. The Morgan fingerprint density at radius 2 is 1.90 bits per heavy atom. The number of hydrogen-bond acceptors (Lipinski definition) is 8. The van der Waals surface area contributed by atoms with Gasteiger partial charge in [-0.3, -0.25) is 9.52 Å². The minimum Gasteiger partial charge on any atom is -0.493 e. The van der Waals surface area contributed by atoms with Gasteiger partial charge in [0.15, 0.2) is 11.5 Å². The van der Waals surface area contributed by atoms with Gasteiger partial charge in [-0.25, -0.2) is 13.4 Å². The Hall–Kier alpha value is -2.89. The third-order valence-corrected chi connectivity index (χ3v) is 7.31. The van der Waals surface area contributed by atoms with Crippen LogP contribution < -0.4 is 14.2 Å². The van der Waals surface area contributed by atoms with Crippen molar-refractivity contribution in [3.63, 3.8) is 0 Å². The number of anilines is 1. The van der Waals surface area contributed by atoms with Crippen LogP contribution in [0.2, 0.25) is 0 Å². The van der Waals surface area contributed by atoms with Crippen LogP contribution in [0, 0.1) is 0 Å². The van der Waals surface area contributed by atoms with Crippen LogP contribution in [0.4, 0.5) is 5.69 Å². The Labute approximate surface area is 183 Å². The van der Waals surface area contributed by atoms with Gasteiger partial charge >= 0.3 is 0 Å². The van der Waals surface area contributed by atoms with E-state index in [0.29, 0.717) is 47.1 Å². The van der Waals surface area contributed by atoms with Crippen molar-refractivity contribution in [1.29, 1.82) is 0 Å². The van der Waals surface area contributed by atoms with E-state index in [1.165, 1.54) is 32.4 Å². The summed E-state index contributed by atoms with van der Waals surface area (Å²) in [5.41, 5.74) is 0.222. The highest BCUT2D eigenvalue weighted by molar-refractivity contribution is 7.92. The first-order chi connectivity index (χ1) is 14.9. The fraction of sp³-hybridized carbons (Fsp3) is 0.300. The number of hydrogen-bond donors (Lipinski definition) is 1. The van der Waals surface area contributed by atoms with Gasteiger partial charge in [0.2, 0.25) is 0 Å². The number of ether oxygens (including phenoxy) is 3. The van der Waals surface area contributed by atoms with Crippen LogP contribution in [0.1, 0.15) is 9.67 Å². The Morgan fingerprint density at radius 1 is 1.16 bits per heavy atom. The van der Waals surface area contributed by atoms with Crippen molar-refractivity contribution in [1.82, 2.24) is 9.88 Å². The molecule has 1 aromatic carbocycles. The maximum absolute atomic E-state index is 13.2. The minimum absolute atomic E-state index is 0.0156. The van der Waals surface area contributed by atoms with E-state index in [9.17, 15) is 13.2 Å². The molecule has 0 aliphatic carbocycles. The molecule has 164 valence electrons. The van der Waals surface area contributed by atoms with Crippen molar-refractivity contribution in [3.05, 3.63) is 41.4 Å². The molecule has 4 rings (SSSR count). The van der Waals surface area contributed by atoms with E-state index < -0.39 is 10.0 Å². The number of benzene rings is 1. The van der Waals surface area contributed by atoms with E-state index in [1.54, 1.807) is 23.2 Å². The molecule has 1 N–H and O–H groups in total. The number of carbonyl (C=O) groups excluding carboxylic acids is 1. The third kappa shape index (κ3) is 4.16. The number of thiophene rings is 1. The second kappa shape index (κ2) is 8.69. The molecule has 1 aliphatic rings. The predicted molar refractivity (Wildman–Crippen MR) is 117 cm³/mol. The summed E-state index contributed by atoms with van der Waals surface area (Å²) in [6.07, 6.45) is 1.61. The van der Waals surface area contributed by atoms with Crippen LogP contribution in [0.5, 0.6) is 11.5 Å². The van der Waals surface area contributed by atoms with E-state index in [4.69, 9.17) is 14.2 Å². The van der Waals surface area contributed by atoms with Gasteiger partial charge in [0, 0.05) is 30.7 Å². The summed E-state index contributed by atoms with van der Waals surface area (Å²) in [5, 5.41) is 0.563. The van der Waals surface area contributed by atoms with Crippen molar-refractivity contribution >= 4 is 43.2 Å². The summed E-state index contributed by atoms with van der Waals surface area (Å²) in [6, 6.07) is 7.74. The first-order valence-corrected chi connectivity index (χ1v) is 11.7. The average Bonchev–Trinajstić information content (AvgIpc) is 3.16. The molecule has 9 nitrogen and oxygen atoms in total. The molecular formula is C20H21N3O6S2. The molecule has 11 heteroatoms. The molecule has 3 heterocycles. The molecule has 0 radical (unpaired) electrons. The van der Waals surface area contributed by atoms with Gasteiger partial charge in [-0.15, -0.1) is 11.3 Å². The van der Waals surface area contributed by atoms with E-state index in [-0.39, 0.29) is 22.2 Å². The molecule has 0 bridgehead atoms. The van der Waals surface area contributed by atoms with Crippen LogP contribution in [-0.2, 0) is 14.8 Å². The van der Waals surface area contributed by atoms with Gasteiger partial charge in [-0.2, -0.15) is 0 Å². The van der Waals surface area contributed by atoms with Crippen LogP contribution >= 0.6 is 11.3 Å². The lowest BCUT2D eigenvalue weighted by Crippen LogP contribution is -2.40. The first kappa shape index (κ1) is 21.3. The molecule has 1 saturated heterocycles. The maximum atomic E-state index is 13.2. The molecule has 31 heavy (non-hydrogen) atoms. The number of amides is 1. The third-order valence-electron chi connectivity index (χ3n) is 4.86. The molecule has 2 aromatic heterocycles. The predicted octanol–water partition coefficient (Wildman–Crippen LogP) is 2.59. The van der Waals surface area contributed by atoms with Gasteiger partial charge in [0.25, 0.3) is 15.9 Å². The van der Waals surface area contributed by atoms with Crippen molar-refractivity contribution in [3.8, 4) is 11.5 Å². The van der Waals surface area contributed by atoms with Crippen LogP contribution in [-0.4, -0.2) is 64.7 Å². The topological polar surface area (TPSA) is 107 Å². The number of nitrogens with one attached hydrogen (secondary N) is 1. The van der Waals surface area contributed by atoms with Gasteiger partial charge in [0.05, 0.1) is 38.0 Å². The van der Waals surface area contributed by atoms with E-state index in [0.717, 1.165) is 11.3 Å². The molecule has 0 saturated carbocycles. The molecule has 3 aromatic rings. The number of methoxy groups -OCH3 is 2. The van der Waals surface area contributed by atoms with E-state index in [1.807, 2.05) is 0 Å². The van der Waals surface area contributed by atoms with Crippen molar-refractivity contribution in [2.45, 2.75) is 4.90 Å². The number of rotatable bonds is 6. The van der Waals surface area contributed by atoms with Gasteiger partial charge < -0.3 is 19.1 Å². The smallest absolute Gasteiger partial charge is 0.266 e. The highest BCUT2D eigenvalue weighted by Gasteiger charge is 2.28. The van der Waals surface area contributed by atoms with Crippen LogP contribution in [0.3, 0.4) is 0 Å². The molecule has 1 aliphatic heterocycles. The maximum Gasteiger partial charge on any atom is 0.266 e. The Kier molecular flexibility index (Phi) is 5.99. The van der Waals surface area contributed by atoms with Crippen LogP contribution in [0.15, 0.2) is 41.4 Å². The standard InChI is InChI=1S/C20H21N3O6S2/c1-27-15-6-5-13(12-16(15)28-2)31(25,26)22-17-14-4-3-7-21-19(14)30-18(17)20(24)23-8-10-29-11-9-23/h3-7,12,22H,8-11H2,1-2H3. The number of morpholine rings is 1. The number of carbonyl (C=O) groups is 1. The second-order valence-electron chi connectivity index (χ2n) is 6.69. The minimum atomic E-state index is -4.02. The summed E-state index contributed by atoms with van der Waals surface area (Å²) < 4.78 is 44.7. The summed E-state index contributed by atoms with van der Waals surface area (Å²) in [6.45, 7) is 1.79. The number of aromatic nitrogens is 1. The molecule has 0 unspecified atom stereocenters. The van der Waals surface area contributed by atoms with E-state index >= 15 is 0 Å². The monoisotopic (exact) mass is 463 g/mol. The van der Waals surface area contributed by atoms with Crippen molar-refractivity contribution in [2.24, 2.45) is 0 Å². The van der Waals surface area contributed by atoms with Gasteiger partial charge in [-0.05, 0) is 24.3 Å².